The van der Waals surface area contributed by atoms with Gasteiger partial charge in [0.25, 0.3) is 0 Å². The number of ether oxygens (including phenoxy) is 1. The van der Waals surface area contributed by atoms with Crippen molar-refractivity contribution in [1.82, 2.24) is 0 Å². The van der Waals surface area contributed by atoms with Crippen LogP contribution < -0.4 is 4.74 Å². The predicted octanol–water partition coefficient (Wildman–Crippen LogP) is 5.01. The van der Waals surface area contributed by atoms with Crippen LogP contribution in [0.2, 0.25) is 0 Å². The molecule has 0 aliphatic heterocycles. The summed E-state index contributed by atoms with van der Waals surface area (Å²) in [6.45, 7) is 2.16. The molecule has 0 heterocycles. The van der Waals surface area contributed by atoms with Crippen molar-refractivity contribution < 1.29 is 25.2 Å². The average molecular weight is 378 g/mol. The van der Waals surface area contributed by atoms with E-state index < -0.39 is 6.29 Å². The second kappa shape index (κ2) is 10.2. The molecule has 0 aliphatic carbocycles. The van der Waals surface area contributed by atoms with Gasteiger partial charge in [0.1, 0.15) is 23.0 Å². The Balaban J connectivity index is 2.02. The summed E-state index contributed by atoms with van der Waals surface area (Å²) in [6, 6.07) is 8.96. The summed E-state index contributed by atoms with van der Waals surface area (Å²) in [5.41, 5.74) is 0. The van der Waals surface area contributed by atoms with Crippen molar-refractivity contribution in [2.24, 2.45) is 0 Å². The zero-order valence-corrected chi connectivity index (χ0v) is 15.7. The Labute approximate surface area is 158 Å². The van der Waals surface area contributed by atoms with E-state index in [0.717, 1.165) is 19.3 Å². The molecular weight excluding hydrogens is 352 g/mol. The molecule has 0 bridgehead atoms. The Bertz CT molecular complexity index is 705. The fraction of sp³-hybridized carbons (Fsp3) is 0.400. The number of benzene rings is 2. The highest BCUT2D eigenvalue weighted by atomic mass is 32.2. The lowest BCUT2D eigenvalue weighted by Crippen LogP contribution is -2.15. The van der Waals surface area contributed by atoms with Crippen molar-refractivity contribution >= 4 is 11.8 Å². The Kier molecular flexibility index (Phi) is 7.94. The molecule has 2 aromatic carbocycles. The lowest BCUT2D eigenvalue weighted by atomic mass is 10.1. The van der Waals surface area contributed by atoms with Crippen LogP contribution in [-0.4, -0.2) is 26.7 Å². The summed E-state index contributed by atoms with van der Waals surface area (Å²) < 4.78 is 5.61. The summed E-state index contributed by atoms with van der Waals surface area (Å²) in [5, 5.41) is 39.2. The highest BCUT2D eigenvalue weighted by Crippen LogP contribution is 2.41. The first-order valence-electron chi connectivity index (χ1n) is 8.87. The predicted molar refractivity (Wildman–Crippen MR) is 102 cm³/mol. The minimum Gasteiger partial charge on any atom is -0.508 e. The van der Waals surface area contributed by atoms with Crippen molar-refractivity contribution in [2.75, 3.05) is 0 Å². The molecule has 0 aromatic heterocycles. The first-order valence-corrected chi connectivity index (χ1v) is 9.69. The number of aliphatic hydroxyl groups is 1. The number of phenolic OH excluding ortho intramolecular Hbond substituents is 3. The van der Waals surface area contributed by atoms with Crippen molar-refractivity contribution in [3.8, 4) is 23.0 Å². The molecule has 1 atom stereocenters. The Morgan fingerprint density at radius 3 is 2.23 bits per heavy atom. The van der Waals surface area contributed by atoms with Crippen molar-refractivity contribution in [3.63, 3.8) is 0 Å². The molecule has 26 heavy (non-hydrogen) atoms. The molecule has 0 radical (unpaired) electrons. The lowest BCUT2D eigenvalue weighted by molar-refractivity contribution is -0.0265. The van der Waals surface area contributed by atoms with Crippen LogP contribution in [0.4, 0.5) is 0 Å². The van der Waals surface area contributed by atoms with E-state index in [-0.39, 0.29) is 17.2 Å². The molecule has 142 valence electrons. The molecule has 6 heteroatoms. The van der Waals surface area contributed by atoms with E-state index >= 15 is 0 Å². The number of hydrogen-bond acceptors (Lipinski definition) is 6. The third-order valence-corrected chi connectivity index (χ3v) is 5.03. The van der Waals surface area contributed by atoms with Gasteiger partial charge in [-0.1, -0.05) is 44.4 Å². The minimum atomic E-state index is -0.953. The zero-order valence-electron chi connectivity index (χ0n) is 14.9. The molecule has 0 aliphatic rings. The summed E-state index contributed by atoms with van der Waals surface area (Å²) in [6.07, 6.45) is 5.02. The topological polar surface area (TPSA) is 90.2 Å². The lowest BCUT2D eigenvalue weighted by Gasteiger charge is -2.17. The van der Waals surface area contributed by atoms with Crippen LogP contribution in [0.3, 0.4) is 0 Å². The van der Waals surface area contributed by atoms with Crippen LogP contribution in [0.15, 0.2) is 46.2 Å². The average Bonchev–Trinajstić information content (AvgIpc) is 2.59. The number of hydrogen-bond donors (Lipinski definition) is 4. The molecule has 0 spiro atoms. The van der Waals surface area contributed by atoms with Gasteiger partial charge in [0, 0.05) is 18.6 Å². The van der Waals surface area contributed by atoms with Gasteiger partial charge in [-0.05, 0) is 30.7 Å². The van der Waals surface area contributed by atoms with Crippen LogP contribution in [0, 0.1) is 0 Å². The standard InChI is InChI=1S/C20H26O5S/c1-2-3-4-5-6-7-20(24)25-17-13-15(22)9-11-19(17)26-18-10-8-14(21)12-16(18)23/h8-13,20-24H,2-7H2,1H3. The first-order chi connectivity index (χ1) is 12.5. The number of unbranched alkanes of at least 4 members (excludes halogenated alkanes) is 4. The Morgan fingerprint density at radius 1 is 0.885 bits per heavy atom. The summed E-state index contributed by atoms with van der Waals surface area (Å²) in [4.78, 5) is 1.18. The van der Waals surface area contributed by atoms with E-state index in [1.165, 1.54) is 48.9 Å². The van der Waals surface area contributed by atoms with E-state index in [1.807, 2.05) is 0 Å². The van der Waals surface area contributed by atoms with Crippen LogP contribution in [0.5, 0.6) is 23.0 Å². The van der Waals surface area contributed by atoms with Gasteiger partial charge in [-0.3, -0.25) is 0 Å². The van der Waals surface area contributed by atoms with E-state index in [1.54, 1.807) is 12.1 Å². The summed E-state index contributed by atoms with van der Waals surface area (Å²) in [7, 11) is 0. The molecule has 4 N–H and O–H groups in total. The van der Waals surface area contributed by atoms with Crippen LogP contribution in [0.1, 0.15) is 45.4 Å². The molecule has 1 unspecified atom stereocenters. The largest absolute Gasteiger partial charge is 0.508 e. The van der Waals surface area contributed by atoms with Gasteiger partial charge >= 0.3 is 0 Å². The molecule has 2 rings (SSSR count). The molecule has 0 saturated heterocycles. The highest BCUT2D eigenvalue weighted by molar-refractivity contribution is 7.99. The van der Waals surface area contributed by atoms with Crippen LogP contribution >= 0.6 is 11.8 Å². The third kappa shape index (κ3) is 6.35. The Morgan fingerprint density at radius 2 is 1.54 bits per heavy atom. The maximum Gasteiger partial charge on any atom is 0.197 e. The van der Waals surface area contributed by atoms with Crippen molar-refractivity contribution in [1.29, 1.82) is 0 Å². The molecule has 5 nitrogen and oxygen atoms in total. The monoisotopic (exact) mass is 378 g/mol. The van der Waals surface area contributed by atoms with Gasteiger partial charge in [0.15, 0.2) is 6.29 Å². The third-order valence-electron chi connectivity index (χ3n) is 3.91. The van der Waals surface area contributed by atoms with Gasteiger partial charge in [-0.25, -0.2) is 0 Å². The number of phenols is 3. The van der Waals surface area contributed by atoms with Crippen molar-refractivity contribution in [3.05, 3.63) is 36.4 Å². The van der Waals surface area contributed by atoms with Crippen LogP contribution in [-0.2, 0) is 0 Å². The SMILES string of the molecule is CCCCCCCC(O)Oc1cc(O)ccc1Sc1ccc(O)cc1O. The smallest absolute Gasteiger partial charge is 0.197 e. The van der Waals surface area contributed by atoms with Gasteiger partial charge in [-0.2, -0.15) is 0 Å². The first kappa shape index (κ1) is 20.3. The molecule has 0 amide bonds. The van der Waals surface area contributed by atoms with E-state index in [0.29, 0.717) is 22.0 Å². The van der Waals surface area contributed by atoms with Gasteiger partial charge in [0.05, 0.1) is 9.79 Å². The number of aromatic hydroxyl groups is 3. The number of rotatable bonds is 10. The summed E-state index contributed by atoms with van der Waals surface area (Å²) in [5.74, 6) is 0.316. The molecule has 2 aromatic rings. The maximum atomic E-state index is 10.1. The summed E-state index contributed by atoms with van der Waals surface area (Å²) >= 11 is 1.23. The fourth-order valence-electron chi connectivity index (χ4n) is 2.51. The van der Waals surface area contributed by atoms with E-state index in [4.69, 9.17) is 4.74 Å². The molecular formula is C20H26O5S. The fourth-order valence-corrected chi connectivity index (χ4v) is 3.39. The van der Waals surface area contributed by atoms with Gasteiger partial charge < -0.3 is 25.2 Å². The Hall–Kier alpha value is -2.05. The van der Waals surface area contributed by atoms with Gasteiger partial charge in [-0.15, -0.1) is 0 Å². The number of aliphatic hydroxyl groups excluding tert-OH is 1. The normalized spacial score (nSPS) is 12.1. The van der Waals surface area contributed by atoms with Crippen molar-refractivity contribution in [2.45, 2.75) is 61.5 Å². The van der Waals surface area contributed by atoms with Gasteiger partial charge in [0.2, 0.25) is 0 Å². The minimum absolute atomic E-state index is 0.0208. The zero-order chi connectivity index (χ0) is 18.9. The highest BCUT2D eigenvalue weighted by Gasteiger charge is 2.14. The maximum absolute atomic E-state index is 10.1. The molecule has 0 saturated carbocycles. The van der Waals surface area contributed by atoms with Crippen LogP contribution in [0.25, 0.3) is 0 Å². The van der Waals surface area contributed by atoms with E-state index in [9.17, 15) is 20.4 Å². The van der Waals surface area contributed by atoms with E-state index in [2.05, 4.69) is 6.92 Å². The quantitative estimate of drug-likeness (QED) is 0.343. The molecule has 0 fully saturated rings. The second-order valence-electron chi connectivity index (χ2n) is 6.16. The second-order valence-corrected chi connectivity index (χ2v) is 7.24.